The van der Waals surface area contributed by atoms with Gasteiger partial charge in [-0.25, -0.2) is 9.59 Å². The van der Waals surface area contributed by atoms with Crippen LogP contribution in [0.5, 0.6) is 0 Å². The minimum atomic E-state index is -0.626. The molecule has 2 aromatic rings. The summed E-state index contributed by atoms with van der Waals surface area (Å²) >= 11 is 0.991. The van der Waals surface area contributed by atoms with E-state index in [0.29, 0.717) is 12.1 Å². The van der Waals surface area contributed by atoms with Crippen LogP contribution in [0.3, 0.4) is 0 Å². The molecule has 0 unspecified atom stereocenters. The molecular weight excluding hydrogens is 396 g/mol. The first-order valence-electron chi connectivity index (χ1n) is 8.88. The Hall–Kier alpha value is -2.72. The van der Waals surface area contributed by atoms with E-state index >= 15 is 0 Å². The maximum absolute atomic E-state index is 12.6. The number of methoxy groups -OCH3 is 2. The van der Waals surface area contributed by atoms with E-state index in [9.17, 15) is 14.4 Å². The summed E-state index contributed by atoms with van der Waals surface area (Å²) in [4.78, 5) is 38.8. The number of rotatable bonds is 7. The lowest BCUT2D eigenvalue weighted by atomic mass is 10.1. The van der Waals surface area contributed by atoms with Crippen molar-refractivity contribution in [1.29, 1.82) is 0 Å². The van der Waals surface area contributed by atoms with Gasteiger partial charge in [0.1, 0.15) is 9.88 Å². The van der Waals surface area contributed by atoms with Crippen molar-refractivity contribution in [2.45, 2.75) is 27.3 Å². The first kappa shape index (κ1) is 22.6. The Morgan fingerprint density at radius 1 is 1.14 bits per heavy atom. The number of aromatic nitrogens is 2. The lowest BCUT2D eigenvalue weighted by Gasteiger charge is -2.16. The van der Waals surface area contributed by atoms with Gasteiger partial charge in [-0.05, 0) is 33.4 Å². The van der Waals surface area contributed by atoms with E-state index in [0.717, 1.165) is 28.3 Å². The molecule has 2 heterocycles. The number of carbonyl (C=O) groups excluding carboxylic acids is 3. The number of anilines is 1. The second kappa shape index (κ2) is 9.19. The summed E-state index contributed by atoms with van der Waals surface area (Å²) in [5.74, 6) is -1.51. The molecule has 0 bridgehead atoms. The topological polar surface area (TPSA) is 103 Å². The fourth-order valence-electron chi connectivity index (χ4n) is 3.02. The molecule has 0 saturated carbocycles. The summed E-state index contributed by atoms with van der Waals surface area (Å²) in [6.45, 7) is 6.18. The van der Waals surface area contributed by atoms with Crippen molar-refractivity contribution in [3.63, 3.8) is 0 Å². The van der Waals surface area contributed by atoms with Crippen LogP contribution in [0.25, 0.3) is 0 Å². The summed E-state index contributed by atoms with van der Waals surface area (Å²) in [6.07, 6.45) is 0. The summed E-state index contributed by atoms with van der Waals surface area (Å²) < 4.78 is 11.4. The summed E-state index contributed by atoms with van der Waals surface area (Å²) in [5.41, 5.74) is 3.60. The fraction of sp³-hybridized carbons (Fsp3) is 0.474. The number of ether oxygens (including phenoxy) is 2. The van der Waals surface area contributed by atoms with Gasteiger partial charge in [-0.1, -0.05) is 0 Å². The number of nitrogens with zero attached hydrogens (tertiary/aromatic N) is 3. The lowest BCUT2D eigenvalue weighted by molar-refractivity contribution is -0.117. The highest BCUT2D eigenvalue weighted by atomic mass is 32.1. The van der Waals surface area contributed by atoms with Crippen LogP contribution in [-0.2, 0) is 27.9 Å². The zero-order chi connectivity index (χ0) is 21.9. The molecule has 0 atom stereocenters. The van der Waals surface area contributed by atoms with Crippen LogP contribution in [0.4, 0.5) is 5.00 Å². The predicted molar refractivity (Wildman–Crippen MR) is 109 cm³/mol. The van der Waals surface area contributed by atoms with Crippen molar-refractivity contribution >= 4 is 34.2 Å². The first-order chi connectivity index (χ1) is 13.6. The van der Waals surface area contributed by atoms with E-state index in [1.165, 1.54) is 14.2 Å². The largest absolute Gasteiger partial charge is 0.465 e. The SMILES string of the molecule is COC(=O)c1sc(NC(=O)CN(C)Cc2c(C)nn(C)c2C)c(C(=O)OC)c1C. The Morgan fingerprint density at radius 3 is 2.28 bits per heavy atom. The molecule has 2 rings (SSSR count). The smallest absolute Gasteiger partial charge is 0.348 e. The number of hydrogen-bond donors (Lipinski definition) is 1. The highest BCUT2D eigenvalue weighted by molar-refractivity contribution is 7.18. The van der Waals surface area contributed by atoms with E-state index in [2.05, 4.69) is 10.4 Å². The van der Waals surface area contributed by atoms with Crippen molar-refractivity contribution in [1.82, 2.24) is 14.7 Å². The molecule has 158 valence electrons. The molecule has 0 spiro atoms. The molecule has 0 saturated heterocycles. The molecule has 0 aliphatic rings. The van der Waals surface area contributed by atoms with Crippen LogP contribution in [0, 0.1) is 20.8 Å². The second-order valence-electron chi connectivity index (χ2n) is 6.74. The zero-order valence-corrected chi connectivity index (χ0v) is 18.5. The third kappa shape index (κ3) is 4.83. The number of amides is 1. The molecule has 1 amide bonds. The normalized spacial score (nSPS) is 10.9. The molecule has 0 aliphatic heterocycles. The van der Waals surface area contributed by atoms with Gasteiger partial charge in [0.25, 0.3) is 0 Å². The van der Waals surface area contributed by atoms with Gasteiger partial charge in [0.2, 0.25) is 5.91 Å². The molecule has 0 aliphatic carbocycles. The molecular formula is C19H26N4O5S. The van der Waals surface area contributed by atoms with Crippen molar-refractivity contribution < 1.29 is 23.9 Å². The van der Waals surface area contributed by atoms with E-state index < -0.39 is 11.9 Å². The quantitative estimate of drug-likeness (QED) is 0.681. The minimum absolute atomic E-state index is 0.0961. The van der Waals surface area contributed by atoms with Crippen LogP contribution >= 0.6 is 11.3 Å². The van der Waals surface area contributed by atoms with Crippen molar-refractivity contribution in [2.24, 2.45) is 7.05 Å². The lowest BCUT2D eigenvalue weighted by Crippen LogP contribution is -2.30. The van der Waals surface area contributed by atoms with Gasteiger partial charge >= 0.3 is 11.9 Å². The van der Waals surface area contributed by atoms with Gasteiger partial charge in [-0.15, -0.1) is 11.3 Å². The highest BCUT2D eigenvalue weighted by Crippen LogP contribution is 2.34. The van der Waals surface area contributed by atoms with Gasteiger partial charge in [-0.2, -0.15) is 5.10 Å². The van der Waals surface area contributed by atoms with Gasteiger partial charge in [0.05, 0.1) is 32.0 Å². The second-order valence-corrected chi connectivity index (χ2v) is 7.76. The Kier molecular flexibility index (Phi) is 7.15. The number of aryl methyl sites for hydroxylation is 2. The third-order valence-electron chi connectivity index (χ3n) is 4.66. The Balaban J connectivity index is 2.17. The number of hydrogen-bond acceptors (Lipinski definition) is 8. The number of nitrogens with one attached hydrogen (secondary N) is 1. The molecule has 0 fully saturated rings. The predicted octanol–water partition coefficient (Wildman–Crippen LogP) is 2.05. The van der Waals surface area contributed by atoms with E-state index in [-0.39, 0.29) is 27.9 Å². The molecule has 10 heteroatoms. The average molecular weight is 423 g/mol. The molecule has 0 aromatic carbocycles. The Bertz CT molecular complexity index is 947. The van der Waals surface area contributed by atoms with Crippen molar-refractivity contribution in [3.8, 4) is 0 Å². The molecule has 0 radical (unpaired) electrons. The third-order valence-corrected chi connectivity index (χ3v) is 5.85. The monoisotopic (exact) mass is 422 g/mol. The van der Waals surface area contributed by atoms with E-state index in [1.807, 2.05) is 37.5 Å². The number of likely N-dealkylation sites (N-methyl/N-ethyl adjacent to an activating group) is 1. The Morgan fingerprint density at radius 2 is 1.76 bits per heavy atom. The van der Waals surface area contributed by atoms with Gasteiger partial charge in [0, 0.05) is 24.8 Å². The first-order valence-corrected chi connectivity index (χ1v) is 9.69. The molecule has 29 heavy (non-hydrogen) atoms. The highest BCUT2D eigenvalue weighted by Gasteiger charge is 2.27. The van der Waals surface area contributed by atoms with E-state index in [1.54, 1.807) is 6.92 Å². The van der Waals surface area contributed by atoms with Crippen molar-refractivity contribution in [3.05, 3.63) is 33.0 Å². The van der Waals surface area contributed by atoms with Gasteiger partial charge < -0.3 is 14.8 Å². The van der Waals surface area contributed by atoms with Crippen LogP contribution in [-0.4, -0.2) is 60.3 Å². The van der Waals surface area contributed by atoms with Crippen LogP contribution < -0.4 is 5.32 Å². The summed E-state index contributed by atoms with van der Waals surface area (Å²) in [7, 11) is 6.21. The van der Waals surface area contributed by atoms with Crippen LogP contribution in [0.1, 0.15) is 42.5 Å². The maximum atomic E-state index is 12.6. The number of thiophene rings is 1. The van der Waals surface area contributed by atoms with Crippen molar-refractivity contribution in [2.75, 3.05) is 33.1 Å². The zero-order valence-electron chi connectivity index (χ0n) is 17.7. The number of carbonyl (C=O) groups is 3. The van der Waals surface area contributed by atoms with E-state index in [4.69, 9.17) is 9.47 Å². The molecule has 9 nitrogen and oxygen atoms in total. The van der Waals surface area contributed by atoms with Crippen LogP contribution in [0.15, 0.2) is 0 Å². The molecule has 2 aromatic heterocycles. The maximum Gasteiger partial charge on any atom is 0.348 e. The van der Waals surface area contributed by atoms with Gasteiger partial charge in [-0.3, -0.25) is 14.4 Å². The average Bonchev–Trinajstić information content (AvgIpc) is 3.10. The standard InChI is InChI=1S/C19H26N4O5S/c1-10-15(18(25)27-6)17(29-16(10)19(26)28-7)20-14(24)9-22(4)8-13-11(2)21-23(5)12(13)3/h8-9H2,1-7H3,(H,20,24). The summed E-state index contributed by atoms with van der Waals surface area (Å²) in [6, 6.07) is 0. The van der Waals surface area contributed by atoms with Crippen LogP contribution in [0.2, 0.25) is 0 Å². The summed E-state index contributed by atoms with van der Waals surface area (Å²) in [5, 5.41) is 7.38. The Labute approximate surface area is 173 Å². The number of esters is 2. The minimum Gasteiger partial charge on any atom is -0.465 e. The molecule has 1 N–H and O–H groups in total. The van der Waals surface area contributed by atoms with Gasteiger partial charge in [0.15, 0.2) is 0 Å². The fourth-order valence-corrected chi connectivity index (χ4v) is 4.15.